The first-order valence-corrected chi connectivity index (χ1v) is 7.86. The minimum absolute atomic E-state index is 0.105. The second-order valence-corrected chi connectivity index (χ2v) is 6.23. The first-order valence-electron chi connectivity index (χ1n) is 7.49. The predicted octanol–water partition coefficient (Wildman–Crippen LogP) is 2.38. The number of nitrogens with zero attached hydrogens (tertiary/aromatic N) is 1. The fourth-order valence-corrected chi connectivity index (χ4v) is 2.91. The maximum atomic E-state index is 12.4. The standard InChI is InChI=1S/C16H23ClN2O3/c1-10(19-7-6-12(9-19)11(2)20)16(21)18-14-8-13(17)4-5-15(14)22-3/h4-5,8,10-12,20H,6-7,9H2,1-3H3,(H,18,21). The third-order valence-corrected chi connectivity index (χ3v) is 4.52. The van der Waals surface area contributed by atoms with E-state index in [1.165, 1.54) is 0 Å². The average molecular weight is 327 g/mol. The van der Waals surface area contributed by atoms with Gasteiger partial charge in [-0.05, 0) is 50.9 Å². The van der Waals surface area contributed by atoms with Crippen molar-refractivity contribution in [3.8, 4) is 5.75 Å². The molecule has 2 N–H and O–H groups in total. The number of anilines is 1. The molecule has 3 unspecified atom stereocenters. The fraction of sp³-hybridized carbons (Fsp3) is 0.562. The number of likely N-dealkylation sites (tertiary alicyclic amines) is 1. The van der Waals surface area contributed by atoms with Crippen LogP contribution in [0.25, 0.3) is 0 Å². The molecular weight excluding hydrogens is 304 g/mol. The van der Waals surface area contributed by atoms with E-state index in [1.807, 2.05) is 6.92 Å². The number of hydrogen-bond donors (Lipinski definition) is 2. The van der Waals surface area contributed by atoms with Crippen LogP contribution in [0.5, 0.6) is 5.75 Å². The number of aliphatic hydroxyl groups excluding tert-OH is 1. The third kappa shape index (κ3) is 3.91. The Kier molecular flexibility index (Phi) is 5.67. The highest BCUT2D eigenvalue weighted by Crippen LogP contribution is 2.28. The van der Waals surface area contributed by atoms with Crippen molar-refractivity contribution in [3.63, 3.8) is 0 Å². The van der Waals surface area contributed by atoms with Crippen molar-refractivity contribution >= 4 is 23.2 Å². The molecule has 122 valence electrons. The van der Waals surface area contributed by atoms with Crippen molar-refractivity contribution in [2.75, 3.05) is 25.5 Å². The summed E-state index contributed by atoms with van der Waals surface area (Å²) in [6.07, 6.45) is 0.573. The van der Waals surface area contributed by atoms with Crippen LogP contribution in [-0.4, -0.2) is 48.3 Å². The molecule has 1 saturated heterocycles. The second-order valence-electron chi connectivity index (χ2n) is 5.79. The van der Waals surface area contributed by atoms with Crippen molar-refractivity contribution in [1.82, 2.24) is 4.90 Å². The van der Waals surface area contributed by atoms with Crippen LogP contribution in [0.1, 0.15) is 20.3 Å². The molecule has 1 amide bonds. The van der Waals surface area contributed by atoms with E-state index in [2.05, 4.69) is 10.2 Å². The smallest absolute Gasteiger partial charge is 0.241 e. The van der Waals surface area contributed by atoms with Gasteiger partial charge in [0.1, 0.15) is 5.75 Å². The van der Waals surface area contributed by atoms with E-state index in [9.17, 15) is 9.90 Å². The molecule has 1 aromatic rings. The third-order valence-electron chi connectivity index (χ3n) is 4.28. The highest BCUT2D eigenvalue weighted by molar-refractivity contribution is 6.31. The number of carbonyl (C=O) groups excluding carboxylic acids is 1. The minimum Gasteiger partial charge on any atom is -0.495 e. The number of ether oxygens (including phenoxy) is 1. The molecule has 2 rings (SSSR count). The molecule has 22 heavy (non-hydrogen) atoms. The molecule has 6 heteroatoms. The van der Waals surface area contributed by atoms with Gasteiger partial charge < -0.3 is 15.2 Å². The zero-order valence-electron chi connectivity index (χ0n) is 13.2. The summed E-state index contributed by atoms with van der Waals surface area (Å²) in [5, 5.41) is 13.1. The van der Waals surface area contributed by atoms with Crippen molar-refractivity contribution in [3.05, 3.63) is 23.2 Å². The van der Waals surface area contributed by atoms with Gasteiger partial charge in [-0.2, -0.15) is 0 Å². The highest BCUT2D eigenvalue weighted by atomic mass is 35.5. The second kappa shape index (κ2) is 7.31. The topological polar surface area (TPSA) is 61.8 Å². The van der Waals surface area contributed by atoms with E-state index in [0.29, 0.717) is 16.5 Å². The van der Waals surface area contributed by atoms with Crippen LogP contribution in [0.15, 0.2) is 18.2 Å². The lowest BCUT2D eigenvalue weighted by Gasteiger charge is -2.24. The molecule has 0 saturated carbocycles. The van der Waals surface area contributed by atoms with Gasteiger partial charge in [0.25, 0.3) is 0 Å². The van der Waals surface area contributed by atoms with Gasteiger partial charge in [0.2, 0.25) is 5.91 Å². The van der Waals surface area contributed by atoms with Gasteiger partial charge in [0.15, 0.2) is 0 Å². The molecule has 3 atom stereocenters. The van der Waals surface area contributed by atoms with Gasteiger partial charge in [-0.15, -0.1) is 0 Å². The number of nitrogens with one attached hydrogen (secondary N) is 1. The lowest BCUT2D eigenvalue weighted by molar-refractivity contribution is -0.120. The summed E-state index contributed by atoms with van der Waals surface area (Å²) in [6, 6.07) is 4.84. The maximum Gasteiger partial charge on any atom is 0.241 e. The summed E-state index contributed by atoms with van der Waals surface area (Å²) in [6.45, 7) is 5.22. The number of amides is 1. The van der Waals surface area contributed by atoms with Crippen LogP contribution in [0.4, 0.5) is 5.69 Å². The lowest BCUT2D eigenvalue weighted by Crippen LogP contribution is -2.41. The van der Waals surface area contributed by atoms with Gasteiger partial charge in [0.05, 0.1) is 24.9 Å². The zero-order valence-corrected chi connectivity index (χ0v) is 13.9. The summed E-state index contributed by atoms with van der Waals surface area (Å²) >= 11 is 5.97. The summed E-state index contributed by atoms with van der Waals surface area (Å²) < 4.78 is 5.23. The molecule has 1 aliphatic rings. The molecule has 1 aliphatic heterocycles. The number of benzene rings is 1. The first kappa shape index (κ1) is 17.1. The molecule has 1 heterocycles. The van der Waals surface area contributed by atoms with Crippen LogP contribution in [0, 0.1) is 5.92 Å². The quantitative estimate of drug-likeness (QED) is 0.872. The summed E-state index contributed by atoms with van der Waals surface area (Å²) in [5.74, 6) is 0.705. The van der Waals surface area contributed by atoms with Crippen LogP contribution >= 0.6 is 11.6 Å². The zero-order chi connectivity index (χ0) is 16.3. The SMILES string of the molecule is COc1ccc(Cl)cc1NC(=O)C(C)N1CCC(C(C)O)C1. The lowest BCUT2D eigenvalue weighted by atomic mass is 10.0. The maximum absolute atomic E-state index is 12.4. The largest absolute Gasteiger partial charge is 0.495 e. The predicted molar refractivity (Wildman–Crippen MR) is 87.5 cm³/mol. The molecule has 5 nitrogen and oxygen atoms in total. The van der Waals surface area contributed by atoms with E-state index in [-0.39, 0.29) is 24.0 Å². The van der Waals surface area contributed by atoms with Crippen LogP contribution in [-0.2, 0) is 4.79 Å². The van der Waals surface area contributed by atoms with Crippen molar-refractivity contribution in [1.29, 1.82) is 0 Å². The number of hydrogen-bond acceptors (Lipinski definition) is 4. The summed E-state index contributed by atoms with van der Waals surface area (Å²) in [4.78, 5) is 14.5. The van der Waals surface area contributed by atoms with Gasteiger partial charge in [-0.25, -0.2) is 0 Å². The molecule has 0 aromatic heterocycles. The molecule has 0 radical (unpaired) electrons. The Morgan fingerprint density at radius 3 is 2.82 bits per heavy atom. The minimum atomic E-state index is -0.340. The Morgan fingerprint density at radius 2 is 2.23 bits per heavy atom. The fourth-order valence-electron chi connectivity index (χ4n) is 2.74. The van der Waals surface area contributed by atoms with E-state index in [0.717, 1.165) is 19.5 Å². The van der Waals surface area contributed by atoms with E-state index in [1.54, 1.807) is 32.2 Å². The average Bonchev–Trinajstić information content (AvgIpc) is 2.96. The number of aliphatic hydroxyl groups is 1. The monoisotopic (exact) mass is 326 g/mol. The Bertz CT molecular complexity index is 536. The Labute approximate surface area is 136 Å². The Balaban J connectivity index is 2.02. The van der Waals surface area contributed by atoms with E-state index >= 15 is 0 Å². The van der Waals surface area contributed by atoms with Gasteiger partial charge >= 0.3 is 0 Å². The normalized spacial score (nSPS) is 21.4. The van der Waals surface area contributed by atoms with Crippen LogP contribution < -0.4 is 10.1 Å². The van der Waals surface area contributed by atoms with E-state index < -0.39 is 0 Å². The van der Waals surface area contributed by atoms with Crippen molar-refractivity contribution in [2.45, 2.75) is 32.4 Å². The van der Waals surface area contributed by atoms with Crippen molar-refractivity contribution in [2.24, 2.45) is 5.92 Å². The Hall–Kier alpha value is -1.30. The first-order chi connectivity index (χ1) is 10.4. The molecule has 1 fully saturated rings. The van der Waals surface area contributed by atoms with Gasteiger partial charge in [-0.1, -0.05) is 11.6 Å². The number of methoxy groups -OCH3 is 1. The van der Waals surface area contributed by atoms with Crippen LogP contribution in [0.3, 0.4) is 0 Å². The molecular formula is C16H23ClN2O3. The van der Waals surface area contributed by atoms with Crippen LogP contribution in [0.2, 0.25) is 5.02 Å². The molecule has 0 bridgehead atoms. The number of carbonyl (C=O) groups is 1. The highest BCUT2D eigenvalue weighted by Gasteiger charge is 2.31. The molecule has 0 aliphatic carbocycles. The molecule has 0 spiro atoms. The summed E-state index contributed by atoms with van der Waals surface area (Å²) in [7, 11) is 1.55. The van der Waals surface area contributed by atoms with Crippen molar-refractivity contribution < 1.29 is 14.6 Å². The summed E-state index contributed by atoms with van der Waals surface area (Å²) in [5.41, 5.74) is 0.568. The van der Waals surface area contributed by atoms with Gasteiger partial charge in [-0.3, -0.25) is 9.69 Å². The number of halogens is 1. The van der Waals surface area contributed by atoms with Gasteiger partial charge in [0, 0.05) is 11.6 Å². The van der Waals surface area contributed by atoms with E-state index in [4.69, 9.17) is 16.3 Å². The number of rotatable bonds is 5. The molecule has 1 aromatic carbocycles. The Morgan fingerprint density at radius 1 is 1.50 bits per heavy atom.